The normalized spacial score (nSPS) is 12.5. The molecule has 0 aromatic rings. The van der Waals surface area contributed by atoms with Crippen molar-refractivity contribution in [3.8, 4) is 35.5 Å². The lowest BCUT2D eigenvalue weighted by atomic mass is 10.1. The van der Waals surface area contributed by atoms with E-state index in [0.717, 1.165) is 116 Å². The molecule has 0 aliphatic carbocycles. The van der Waals surface area contributed by atoms with Crippen LogP contribution in [0.2, 0.25) is 0 Å². The first-order valence-electron chi connectivity index (χ1n) is 31.3. The van der Waals surface area contributed by atoms with Gasteiger partial charge in [0.25, 0.3) is 0 Å². The topological polar surface area (TPSA) is 139 Å². The first-order valence-corrected chi connectivity index (χ1v) is 31.3. The number of carbonyl (C=O) groups excluding carboxylic acids is 4. The molecule has 4 unspecified atom stereocenters. The van der Waals surface area contributed by atoms with Crippen molar-refractivity contribution in [3.63, 3.8) is 0 Å². The number of hydrogen-bond acceptors (Lipinski definition) is 12. The number of carbonyl (C=O) groups is 4. The van der Waals surface area contributed by atoms with Gasteiger partial charge in [0.2, 0.25) is 5.91 Å². The molecule has 13 heteroatoms. The number of rotatable bonds is 52. The average Bonchev–Trinajstić information content (AvgIpc) is 3.42. The van der Waals surface area contributed by atoms with Gasteiger partial charge >= 0.3 is 17.9 Å². The Balaban J connectivity index is 6.00. The summed E-state index contributed by atoms with van der Waals surface area (Å²) in [5.41, 5.74) is 0. The molecule has 0 aromatic heterocycles. The fraction of sp³-hybridized carbons (Fsp3) is 0.846. The summed E-state index contributed by atoms with van der Waals surface area (Å²) in [5.74, 6) is 17.8. The van der Waals surface area contributed by atoms with Gasteiger partial charge in [-0.1, -0.05) is 112 Å². The van der Waals surface area contributed by atoms with Crippen molar-refractivity contribution in [1.82, 2.24) is 9.80 Å². The highest BCUT2D eigenvalue weighted by Gasteiger charge is 2.28. The van der Waals surface area contributed by atoms with Crippen LogP contribution in [-0.2, 0) is 52.3 Å². The zero-order valence-corrected chi connectivity index (χ0v) is 51.1. The highest BCUT2D eigenvalue weighted by atomic mass is 16.7. The molecule has 0 radical (unpaired) electrons. The molecule has 0 spiro atoms. The van der Waals surface area contributed by atoms with Gasteiger partial charge in [0.15, 0.2) is 12.6 Å². The first kappa shape index (κ1) is 74.4. The van der Waals surface area contributed by atoms with Crippen molar-refractivity contribution in [3.05, 3.63) is 0 Å². The van der Waals surface area contributed by atoms with Crippen molar-refractivity contribution < 1.29 is 52.3 Å². The molecule has 0 fully saturated rings. The molecule has 0 aliphatic heterocycles. The van der Waals surface area contributed by atoms with E-state index in [1.54, 1.807) is 4.90 Å². The zero-order valence-electron chi connectivity index (χ0n) is 51.1. The minimum Gasteiger partial charge on any atom is -0.463 e. The van der Waals surface area contributed by atoms with Gasteiger partial charge in [0.1, 0.15) is 19.3 Å². The molecule has 0 rings (SSSR count). The number of ether oxygens (including phenoxy) is 7. The van der Waals surface area contributed by atoms with Crippen LogP contribution in [0.4, 0.5) is 0 Å². The molecule has 4 atom stereocenters. The lowest BCUT2D eigenvalue weighted by Crippen LogP contribution is -2.47. The van der Waals surface area contributed by atoms with Crippen LogP contribution in [0.5, 0.6) is 0 Å². The molecular formula is C65H114N2O11. The number of esters is 3. The highest BCUT2D eigenvalue weighted by Crippen LogP contribution is 2.18. The van der Waals surface area contributed by atoms with Crippen molar-refractivity contribution >= 4 is 23.8 Å². The van der Waals surface area contributed by atoms with E-state index < -0.39 is 30.2 Å². The predicted octanol–water partition coefficient (Wildman–Crippen LogP) is 14.2. The van der Waals surface area contributed by atoms with Crippen LogP contribution in [0, 0.1) is 35.5 Å². The summed E-state index contributed by atoms with van der Waals surface area (Å²) >= 11 is 0. The summed E-state index contributed by atoms with van der Waals surface area (Å²) in [5, 5.41) is 0. The quantitative estimate of drug-likeness (QED) is 0.0188. The Bertz CT molecular complexity index is 1640. The Kier molecular flexibility index (Phi) is 54.0. The van der Waals surface area contributed by atoms with Gasteiger partial charge in [-0.3, -0.25) is 19.2 Å². The maximum Gasteiger partial charge on any atom is 0.306 e. The third-order valence-corrected chi connectivity index (χ3v) is 13.1. The Morgan fingerprint density at radius 1 is 0.385 bits per heavy atom. The van der Waals surface area contributed by atoms with Crippen LogP contribution in [0.15, 0.2) is 0 Å². The highest BCUT2D eigenvalue weighted by molar-refractivity contribution is 5.82. The fourth-order valence-corrected chi connectivity index (χ4v) is 8.38. The van der Waals surface area contributed by atoms with E-state index in [4.69, 9.17) is 33.2 Å². The molecule has 450 valence electrons. The number of amides is 1. The Labute approximate surface area is 477 Å². The maximum absolute atomic E-state index is 14.2. The van der Waals surface area contributed by atoms with Crippen LogP contribution < -0.4 is 0 Å². The van der Waals surface area contributed by atoms with Crippen molar-refractivity contribution in [1.29, 1.82) is 0 Å². The standard InChI is InChI=1S/C65H114N2O11/c1-9-15-20-25-28-31-40-55-75-65(74-54-39-30-27-22-17-11-3)47-36-34-45-62(70)77-57-58(67(51-41-50-66(7)8)60(68)48-49-63(71)78-59(42-14-6)43-32-23-18-12-4)56-76-61(69)44-33-35-46-64(72-52-37-24-19-13-5)73-53-38-29-26-21-16-10-2/h58-59,64-65H,9-25,32-57H2,1-8H3. The summed E-state index contributed by atoms with van der Waals surface area (Å²) in [6.45, 7) is 15.7. The first-order chi connectivity index (χ1) is 38.0. The van der Waals surface area contributed by atoms with Gasteiger partial charge in [0, 0.05) is 70.9 Å². The van der Waals surface area contributed by atoms with E-state index in [-0.39, 0.29) is 57.2 Å². The lowest BCUT2D eigenvalue weighted by Gasteiger charge is -2.32. The summed E-state index contributed by atoms with van der Waals surface area (Å²) in [6.07, 6.45) is 27.3. The van der Waals surface area contributed by atoms with Gasteiger partial charge in [-0.05, 0) is 111 Å². The molecule has 78 heavy (non-hydrogen) atoms. The molecular weight excluding hydrogens is 985 g/mol. The summed E-state index contributed by atoms with van der Waals surface area (Å²) in [4.78, 5) is 57.9. The van der Waals surface area contributed by atoms with Crippen LogP contribution in [0.3, 0.4) is 0 Å². The van der Waals surface area contributed by atoms with Gasteiger partial charge in [-0.15, -0.1) is 35.5 Å². The minimum atomic E-state index is -0.759. The van der Waals surface area contributed by atoms with Gasteiger partial charge in [-0.2, -0.15) is 0 Å². The third kappa shape index (κ3) is 48.3. The van der Waals surface area contributed by atoms with Crippen molar-refractivity contribution in [2.45, 2.75) is 291 Å². The zero-order chi connectivity index (χ0) is 57.4. The Hall–Kier alpha value is -3.64. The van der Waals surface area contributed by atoms with Crippen LogP contribution in [-0.4, -0.2) is 125 Å². The molecule has 0 saturated heterocycles. The lowest BCUT2D eigenvalue weighted by molar-refractivity contribution is -0.156. The Morgan fingerprint density at radius 2 is 0.833 bits per heavy atom. The molecule has 1 amide bonds. The Morgan fingerprint density at radius 3 is 1.32 bits per heavy atom. The SMILES string of the molecule is CCCCC#CCCOC(CCCCC(=O)OCC(COC(=O)CCCCC(OCCC#CCCCC)OCCCCCC)N(CCCN(C)C)C(=O)CCC(=O)OC(CCC)CCCCCC)OCCC#CCCCCC. The maximum atomic E-state index is 14.2. The molecule has 0 bridgehead atoms. The second kappa shape index (κ2) is 56.6. The van der Waals surface area contributed by atoms with Gasteiger partial charge < -0.3 is 43.0 Å². The molecule has 0 saturated carbocycles. The van der Waals surface area contributed by atoms with E-state index >= 15 is 0 Å². The van der Waals surface area contributed by atoms with E-state index in [0.29, 0.717) is 104 Å². The molecule has 0 heterocycles. The van der Waals surface area contributed by atoms with E-state index in [1.807, 2.05) is 19.0 Å². The monoisotopic (exact) mass is 1100 g/mol. The largest absolute Gasteiger partial charge is 0.463 e. The molecule has 0 aliphatic rings. The van der Waals surface area contributed by atoms with E-state index in [2.05, 4.69) is 77.1 Å². The van der Waals surface area contributed by atoms with E-state index in [9.17, 15) is 19.2 Å². The van der Waals surface area contributed by atoms with Gasteiger partial charge in [0.05, 0.1) is 32.3 Å². The fourth-order valence-electron chi connectivity index (χ4n) is 8.38. The summed E-state index contributed by atoms with van der Waals surface area (Å²) in [7, 11) is 3.93. The van der Waals surface area contributed by atoms with Crippen LogP contribution in [0.25, 0.3) is 0 Å². The number of unbranched alkanes of at least 4 members (excludes halogenated alkanes) is 15. The van der Waals surface area contributed by atoms with E-state index in [1.165, 1.54) is 19.3 Å². The summed E-state index contributed by atoms with van der Waals surface area (Å²) in [6, 6.07) is -0.759. The molecule has 13 nitrogen and oxygen atoms in total. The third-order valence-electron chi connectivity index (χ3n) is 13.1. The number of hydrogen-bond donors (Lipinski definition) is 0. The smallest absolute Gasteiger partial charge is 0.306 e. The van der Waals surface area contributed by atoms with Gasteiger partial charge in [-0.25, -0.2) is 0 Å². The average molecular weight is 1100 g/mol. The van der Waals surface area contributed by atoms with Crippen LogP contribution in [0.1, 0.15) is 266 Å². The second-order valence-electron chi connectivity index (χ2n) is 20.9. The predicted molar refractivity (Wildman–Crippen MR) is 316 cm³/mol. The molecule has 0 N–H and O–H groups in total. The second-order valence-corrected chi connectivity index (χ2v) is 20.9. The number of nitrogens with zero attached hydrogens (tertiary/aromatic N) is 2. The summed E-state index contributed by atoms with van der Waals surface area (Å²) < 4.78 is 42.2. The van der Waals surface area contributed by atoms with Crippen molar-refractivity contribution in [2.24, 2.45) is 0 Å². The van der Waals surface area contributed by atoms with Crippen LogP contribution >= 0.6 is 0 Å². The molecule has 0 aromatic carbocycles. The minimum absolute atomic E-state index is 0.0722. The van der Waals surface area contributed by atoms with Crippen molar-refractivity contribution in [2.75, 3.05) is 66.8 Å².